The Morgan fingerprint density at radius 3 is 2.38 bits per heavy atom. The number of ether oxygens (including phenoxy) is 2. The van der Waals surface area contributed by atoms with Crippen LogP contribution in [0, 0.1) is 6.92 Å². The number of rotatable bonds is 5. The number of esters is 2. The molecule has 0 bridgehead atoms. The summed E-state index contributed by atoms with van der Waals surface area (Å²) >= 11 is 12.0. The van der Waals surface area contributed by atoms with E-state index in [1.54, 1.807) is 25.1 Å². The highest BCUT2D eigenvalue weighted by Crippen LogP contribution is 2.33. The van der Waals surface area contributed by atoms with Crippen LogP contribution in [-0.4, -0.2) is 23.1 Å². The van der Waals surface area contributed by atoms with Gasteiger partial charge in [0.1, 0.15) is 5.75 Å². The average Bonchev–Trinajstić information content (AvgIpc) is 3.05. The highest BCUT2D eigenvalue weighted by Gasteiger charge is 2.23. The van der Waals surface area contributed by atoms with Crippen molar-refractivity contribution >= 4 is 46.0 Å². The minimum Gasteiger partial charge on any atom is -0.462 e. The number of benzene rings is 3. The molecule has 0 atom stereocenters. The van der Waals surface area contributed by atoms with Crippen LogP contribution in [0.15, 0.2) is 66.7 Å². The summed E-state index contributed by atoms with van der Waals surface area (Å²) in [5, 5.41) is 1.24. The Bertz CT molecular complexity index is 1330. The Hall–Kier alpha value is -3.28. The van der Waals surface area contributed by atoms with Crippen LogP contribution < -0.4 is 4.74 Å². The number of aromatic nitrogens is 1. The topological polar surface area (TPSA) is 57.5 Å². The molecular weight excluding hydrogens is 449 g/mol. The third kappa shape index (κ3) is 4.09. The lowest BCUT2D eigenvalue weighted by molar-refractivity contribution is 0.0527. The minimum absolute atomic E-state index is 0.194. The first-order chi connectivity index (χ1) is 15.4. The molecule has 0 amide bonds. The zero-order valence-electron chi connectivity index (χ0n) is 17.4. The molecule has 1 heterocycles. The molecule has 0 saturated heterocycles. The van der Waals surface area contributed by atoms with Crippen molar-refractivity contribution in [3.63, 3.8) is 0 Å². The molecule has 0 spiro atoms. The number of hydrogen-bond donors (Lipinski definition) is 0. The first-order valence-corrected chi connectivity index (χ1v) is 10.7. The SMILES string of the molecule is CCOC(=O)c1c(C)n(-c2ccccc2)c2ccc(OC(=O)c3ccc(Cl)cc3Cl)cc12. The number of carbonyl (C=O) groups is 2. The Morgan fingerprint density at radius 1 is 0.938 bits per heavy atom. The van der Waals surface area contributed by atoms with Gasteiger partial charge in [-0.25, -0.2) is 9.59 Å². The van der Waals surface area contributed by atoms with Crippen LogP contribution >= 0.6 is 23.2 Å². The highest BCUT2D eigenvalue weighted by molar-refractivity contribution is 6.36. The van der Waals surface area contributed by atoms with E-state index in [2.05, 4.69) is 0 Å². The second-order valence-electron chi connectivity index (χ2n) is 7.04. The van der Waals surface area contributed by atoms with Crippen LogP contribution in [0.25, 0.3) is 16.6 Å². The third-order valence-electron chi connectivity index (χ3n) is 5.03. The molecule has 0 unspecified atom stereocenters. The van der Waals surface area contributed by atoms with Gasteiger partial charge in [0.25, 0.3) is 0 Å². The van der Waals surface area contributed by atoms with Gasteiger partial charge in [-0.3, -0.25) is 0 Å². The van der Waals surface area contributed by atoms with Gasteiger partial charge in [0, 0.05) is 21.8 Å². The molecule has 32 heavy (non-hydrogen) atoms. The first kappa shape index (κ1) is 21.9. The van der Waals surface area contributed by atoms with E-state index in [-0.39, 0.29) is 22.9 Å². The number of halogens is 2. The molecule has 0 aliphatic rings. The van der Waals surface area contributed by atoms with E-state index >= 15 is 0 Å². The van der Waals surface area contributed by atoms with Gasteiger partial charge in [-0.05, 0) is 62.4 Å². The van der Waals surface area contributed by atoms with Gasteiger partial charge in [-0.15, -0.1) is 0 Å². The quantitative estimate of drug-likeness (QED) is 0.243. The monoisotopic (exact) mass is 467 g/mol. The van der Waals surface area contributed by atoms with E-state index in [1.807, 2.05) is 47.9 Å². The number of fused-ring (bicyclic) bond motifs is 1. The fourth-order valence-electron chi connectivity index (χ4n) is 3.65. The summed E-state index contributed by atoms with van der Waals surface area (Å²) in [5.74, 6) is -0.777. The summed E-state index contributed by atoms with van der Waals surface area (Å²) in [6.07, 6.45) is 0. The molecule has 1 aromatic heterocycles. The summed E-state index contributed by atoms with van der Waals surface area (Å²) < 4.78 is 12.8. The summed E-state index contributed by atoms with van der Waals surface area (Å²) in [4.78, 5) is 25.4. The summed E-state index contributed by atoms with van der Waals surface area (Å²) in [6.45, 7) is 3.87. The maximum atomic E-state index is 12.8. The van der Waals surface area contributed by atoms with Crippen molar-refractivity contribution in [2.24, 2.45) is 0 Å². The zero-order chi connectivity index (χ0) is 22.8. The third-order valence-corrected chi connectivity index (χ3v) is 5.58. The van der Waals surface area contributed by atoms with Gasteiger partial charge >= 0.3 is 11.9 Å². The molecule has 4 aromatic rings. The number of hydrogen-bond acceptors (Lipinski definition) is 4. The molecule has 0 aliphatic heterocycles. The highest BCUT2D eigenvalue weighted by atomic mass is 35.5. The second-order valence-corrected chi connectivity index (χ2v) is 7.89. The van der Waals surface area contributed by atoms with Crippen molar-refractivity contribution in [3.05, 3.63) is 93.6 Å². The van der Waals surface area contributed by atoms with Gasteiger partial charge in [0.05, 0.1) is 28.3 Å². The van der Waals surface area contributed by atoms with E-state index in [9.17, 15) is 9.59 Å². The standard InChI is InChI=1S/C25H19Cl2NO4/c1-3-31-25(30)23-15(2)28(17-7-5-4-6-8-17)22-12-10-18(14-20(22)23)32-24(29)19-11-9-16(26)13-21(19)27/h4-14H,3H2,1-2H3. The largest absolute Gasteiger partial charge is 0.462 e. The van der Waals surface area contributed by atoms with Crippen LogP contribution in [0.3, 0.4) is 0 Å². The lowest BCUT2D eigenvalue weighted by atomic mass is 10.1. The molecule has 0 radical (unpaired) electrons. The van der Waals surface area contributed by atoms with Gasteiger partial charge in [-0.2, -0.15) is 0 Å². The van der Waals surface area contributed by atoms with Crippen molar-refractivity contribution in [2.75, 3.05) is 6.61 Å². The molecule has 0 saturated carbocycles. The molecule has 0 fully saturated rings. The van der Waals surface area contributed by atoms with Gasteiger partial charge in [0.2, 0.25) is 0 Å². The molecule has 5 nitrogen and oxygen atoms in total. The molecule has 3 aromatic carbocycles. The predicted molar refractivity (Wildman–Crippen MR) is 125 cm³/mol. The van der Waals surface area contributed by atoms with E-state index in [0.29, 0.717) is 16.0 Å². The van der Waals surface area contributed by atoms with Crippen LogP contribution in [0.5, 0.6) is 5.75 Å². The van der Waals surface area contributed by atoms with Gasteiger partial charge in [-0.1, -0.05) is 41.4 Å². The maximum absolute atomic E-state index is 12.8. The van der Waals surface area contributed by atoms with Crippen molar-refractivity contribution in [3.8, 4) is 11.4 Å². The normalized spacial score (nSPS) is 10.9. The Kier molecular flexibility index (Phi) is 6.21. The Morgan fingerprint density at radius 2 is 1.69 bits per heavy atom. The van der Waals surface area contributed by atoms with Crippen molar-refractivity contribution in [1.82, 2.24) is 4.57 Å². The molecule has 7 heteroatoms. The predicted octanol–water partition coefficient (Wildman–Crippen LogP) is 6.64. The van der Waals surface area contributed by atoms with E-state index in [4.69, 9.17) is 32.7 Å². The lowest BCUT2D eigenvalue weighted by Crippen LogP contribution is -2.09. The fourth-order valence-corrected chi connectivity index (χ4v) is 4.13. The van der Waals surface area contributed by atoms with Crippen LogP contribution in [0.2, 0.25) is 10.0 Å². The zero-order valence-corrected chi connectivity index (χ0v) is 18.9. The molecular formula is C25H19Cl2NO4. The van der Waals surface area contributed by atoms with E-state index < -0.39 is 11.9 Å². The summed E-state index contributed by atoms with van der Waals surface area (Å²) in [6, 6.07) is 19.4. The molecule has 0 aliphatic carbocycles. The summed E-state index contributed by atoms with van der Waals surface area (Å²) in [5.41, 5.74) is 3.05. The number of para-hydroxylation sites is 1. The van der Waals surface area contributed by atoms with E-state index in [1.165, 1.54) is 12.1 Å². The average molecular weight is 468 g/mol. The number of nitrogens with zero attached hydrogens (tertiary/aromatic N) is 1. The fraction of sp³-hybridized carbons (Fsp3) is 0.120. The van der Waals surface area contributed by atoms with Gasteiger partial charge < -0.3 is 14.0 Å². The second kappa shape index (κ2) is 9.07. The molecule has 0 N–H and O–H groups in total. The van der Waals surface area contributed by atoms with Crippen molar-refractivity contribution < 1.29 is 19.1 Å². The van der Waals surface area contributed by atoms with Crippen LogP contribution in [0.1, 0.15) is 33.3 Å². The smallest absolute Gasteiger partial charge is 0.345 e. The summed E-state index contributed by atoms with van der Waals surface area (Å²) in [7, 11) is 0. The first-order valence-electron chi connectivity index (χ1n) is 9.95. The lowest BCUT2D eigenvalue weighted by Gasteiger charge is -2.09. The van der Waals surface area contributed by atoms with Crippen molar-refractivity contribution in [1.29, 1.82) is 0 Å². The Labute approximate surface area is 195 Å². The Balaban J connectivity index is 1.81. The van der Waals surface area contributed by atoms with Gasteiger partial charge in [0.15, 0.2) is 0 Å². The van der Waals surface area contributed by atoms with Crippen LogP contribution in [-0.2, 0) is 4.74 Å². The molecule has 4 rings (SSSR count). The minimum atomic E-state index is -0.622. The maximum Gasteiger partial charge on any atom is 0.345 e. The van der Waals surface area contributed by atoms with E-state index in [0.717, 1.165) is 16.9 Å². The number of carbonyl (C=O) groups excluding carboxylic acids is 2. The van der Waals surface area contributed by atoms with Crippen LogP contribution in [0.4, 0.5) is 0 Å². The van der Waals surface area contributed by atoms with Crippen molar-refractivity contribution in [2.45, 2.75) is 13.8 Å². The molecule has 162 valence electrons.